The molecular weight excluding hydrogens is 294 g/mol. The van der Waals surface area contributed by atoms with E-state index in [1.807, 2.05) is 18.3 Å². The van der Waals surface area contributed by atoms with Crippen LogP contribution in [-0.4, -0.2) is 10.1 Å². The smallest absolute Gasteiger partial charge is 0.0911 e. The number of aliphatic hydroxyl groups is 1. The molecule has 1 N–H and O–H groups in total. The summed E-state index contributed by atoms with van der Waals surface area (Å²) in [6.45, 7) is 4.50. The maximum Gasteiger partial charge on any atom is 0.0911 e. The Morgan fingerprint density at radius 3 is 1.75 bits per heavy atom. The number of hydrogen-bond donors (Lipinski definition) is 1. The van der Waals surface area contributed by atoms with Gasteiger partial charge >= 0.3 is 0 Å². The first-order chi connectivity index (χ1) is 11.7. The Bertz CT molecular complexity index is 374. The lowest BCUT2D eigenvalue weighted by Gasteiger charge is -2.29. The highest BCUT2D eigenvalue weighted by atomic mass is 16.3. The molecule has 0 amide bonds. The van der Waals surface area contributed by atoms with E-state index >= 15 is 0 Å². The van der Waals surface area contributed by atoms with Crippen LogP contribution in [0.2, 0.25) is 0 Å². The largest absolute Gasteiger partial charge is 0.385 e. The van der Waals surface area contributed by atoms with Gasteiger partial charge in [0.05, 0.1) is 5.60 Å². The van der Waals surface area contributed by atoms with Crippen molar-refractivity contribution in [1.29, 1.82) is 0 Å². The lowest BCUT2D eigenvalue weighted by molar-refractivity contribution is 0.0129. The highest BCUT2D eigenvalue weighted by molar-refractivity contribution is 5.17. The molecule has 0 aliphatic carbocycles. The molecule has 0 atom stereocenters. The van der Waals surface area contributed by atoms with Crippen LogP contribution in [0.1, 0.15) is 109 Å². The third kappa shape index (κ3) is 8.82. The molecular formula is C22H39NO. The average Bonchev–Trinajstić information content (AvgIpc) is 2.62. The molecule has 138 valence electrons. The van der Waals surface area contributed by atoms with E-state index in [0.717, 1.165) is 31.2 Å². The zero-order chi connectivity index (χ0) is 17.5. The molecule has 24 heavy (non-hydrogen) atoms. The van der Waals surface area contributed by atoms with Gasteiger partial charge in [0.1, 0.15) is 0 Å². The quantitative estimate of drug-likeness (QED) is 0.359. The Morgan fingerprint density at radius 2 is 1.29 bits per heavy atom. The molecule has 0 saturated carbocycles. The van der Waals surface area contributed by atoms with Crippen LogP contribution in [0.5, 0.6) is 0 Å². The van der Waals surface area contributed by atoms with E-state index in [9.17, 15) is 5.11 Å². The summed E-state index contributed by atoms with van der Waals surface area (Å²) in [6, 6.07) is 3.99. The summed E-state index contributed by atoms with van der Waals surface area (Å²) in [6.07, 6.45) is 20.6. The van der Waals surface area contributed by atoms with Gasteiger partial charge in [-0.15, -0.1) is 0 Å². The Hall–Kier alpha value is -0.890. The van der Waals surface area contributed by atoms with Crippen LogP contribution in [0.15, 0.2) is 24.5 Å². The van der Waals surface area contributed by atoms with Crippen LogP contribution >= 0.6 is 0 Å². The van der Waals surface area contributed by atoms with Gasteiger partial charge in [-0.2, -0.15) is 0 Å². The summed E-state index contributed by atoms with van der Waals surface area (Å²) < 4.78 is 0. The predicted molar refractivity (Wildman–Crippen MR) is 104 cm³/mol. The molecule has 0 aliphatic rings. The summed E-state index contributed by atoms with van der Waals surface area (Å²) >= 11 is 0. The highest BCUT2D eigenvalue weighted by Gasteiger charge is 2.28. The first kappa shape index (κ1) is 21.2. The number of unbranched alkanes of at least 4 members (excludes halogenated alkanes) is 10. The Balaban J connectivity index is 2.42. The van der Waals surface area contributed by atoms with E-state index in [1.165, 1.54) is 64.2 Å². The molecule has 2 nitrogen and oxygen atoms in total. The fourth-order valence-corrected chi connectivity index (χ4v) is 3.45. The summed E-state index contributed by atoms with van der Waals surface area (Å²) in [5, 5.41) is 11.2. The van der Waals surface area contributed by atoms with Crippen molar-refractivity contribution in [1.82, 2.24) is 4.98 Å². The van der Waals surface area contributed by atoms with Crippen molar-refractivity contribution in [3.05, 3.63) is 30.1 Å². The SMILES string of the molecule is CCCCCCCCC(O)(CCCCCCCC)c1cccnc1. The number of pyridine rings is 1. The number of hydrogen-bond acceptors (Lipinski definition) is 2. The van der Waals surface area contributed by atoms with Crippen LogP contribution in [0, 0.1) is 0 Å². The van der Waals surface area contributed by atoms with Gasteiger partial charge in [-0.1, -0.05) is 97.0 Å². The molecule has 1 heterocycles. The highest BCUT2D eigenvalue weighted by Crippen LogP contribution is 2.32. The van der Waals surface area contributed by atoms with Crippen LogP contribution in [0.25, 0.3) is 0 Å². The van der Waals surface area contributed by atoms with Gasteiger partial charge in [-0.25, -0.2) is 0 Å². The number of nitrogens with zero attached hydrogens (tertiary/aromatic N) is 1. The van der Waals surface area contributed by atoms with Crippen LogP contribution < -0.4 is 0 Å². The van der Waals surface area contributed by atoms with Gasteiger partial charge in [0.25, 0.3) is 0 Å². The molecule has 2 heteroatoms. The van der Waals surface area contributed by atoms with E-state index < -0.39 is 5.60 Å². The van der Waals surface area contributed by atoms with Crippen molar-refractivity contribution in [2.24, 2.45) is 0 Å². The Kier molecular flexibility index (Phi) is 11.8. The van der Waals surface area contributed by atoms with Gasteiger partial charge in [-0.3, -0.25) is 4.98 Å². The third-order valence-corrected chi connectivity index (χ3v) is 5.09. The van der Waals surface area contributed by atoms with Crippen molar-refractivity contribution in [3.63, 3.8) is 0 Å². The third-order valence-electron chi connectivity index (χ3n) is 5.09. The summed E-state index contributed by atoms with van der Waals surface area (Å²) in [5.41, 5.74) is 0.330. The molecule has 1 rings (SSSR count). The Morgan fingerprint density at radius 1 is 0.792 bits per heavy atom. The first-order valence-corrected chi connectivity index (χ1v) is 10.4. The minimum absolute atomic E-state index is 0.677. The zero-order valence-electron chi connectivity index (χ0n) is 16.1. The van der Waals surface area contributed by atoms with Crippen molar-refractivity contribution < 1.29 is 5.11 Å². The van der Waals surface area contributed by atoms with Gasteiger partial charge in [-0.05, 0) is 18.9 Å². The van der Waals surface area contributed by atoms with Gasteiger partial charge < -0.3 is 5.11 Å². The van der Waals surface area contributed by atoms with E-state index in [2.05, 4.69) is 18.8 Å². The number of rotatable bonds is 15. The van der Waals surface area contributed by atoms with Crippen LogP contribution in [0.3, 0.4) is 0 Å². The maximum absolute atomic E-state index is 11.2. The lowest BCUT2D eigenvalue weighted by atomic mass is 9.84. The second kappa shape index (κ2) is 13.4. The minimum atomic E-state index is -0.677. The first-order valence-electron chi connectivity index (χ1n) is 10.4. The molecule has 0 bridgehead atoms. The molecule has 1 aromatic rings. The van der Waals surface area contributed by atoms with E-state index in [0.29, 0.717) is 0 Å². The van der Waals surface area contributed by atoms with Gasteiger partial charge in [0, 0.05) is 18.0 Å². The van der Waals surface area contributed by atoms with Crippen molar-refractivity contribution in [2.45, 2.75) is 109 Å². The standard InChI is InChI=1S/C22H39NO/c1-3-5-7-9-11-13-17-22(24,21-16-15-19-23-20-21)18-14-12-10-8-6-4-2/h15-16,19-20,24H,3-14,17-18H2,1-2H3. The van der Waals surface area contributed by atoms with Crippen LogP contribution in [0.4, 0.5) is 0 Å². The molecule has 0 saturated heterocycles. The van der Waals surface area contributed by atoms with E-state index in [-0.39, 0.29) is 0 Å². The predicted octanol–water partition coefficient (Wildman–Crippen LogP) is 6.77. The monoisotopic (exact) mass is 333 g/mol. The maximum atomic E-state index is 11.2. The van der Waals surface area contributed by atoms with E-state index in [1.54, 1.807) is 6.20 Å². The minimum Gasteiger partial charge on any atom is -0.385 e. The average molecular weight is 334 g/mol. The molecule has 0 aliphatic heterocycles. The van der Waals surface area contributed by atoms with Crippen LogP contribution in [-0.2, 0) is 5.60 Å². The lowest BCUT2D eigenvalue weighted by Crippen LogP contribution is -2.26. The molecule has 0 unspecified atom stereocenters. The fourth-order valence-electron chi connectivity index (χ4n) is 3.45. The molecule has 1 aromatic heterocycles. The second-order valence-corrected chi connectivity index (χ2v) is 7.31. The zero-order valence-corrected chi connectivity index (χ0v) is 16.1. The Labute approximate surface area is 150 Å². The summed E-state index contributed by atoms with van der Waals surface area (Å²) in [7, 11) is 0. The van der Waals surface area contributed by atoms with Gasteiger partial charge in [0.15, 0.2) is 0 Å². The van der Waals surface area contributed by atoms with Gasteiger partial charge in [0.2, 0.25) is 0 Å². The fraction of sp³-hybridized carbons (Fsp3) is 0.773. The molecule has 0 radical (unpaired) electrons. The molecule has 0 aromatic carbocycles. The molecule has 0 fully saturated rings. The van der Waals surface area contributed by atoms with Crippen molar-refractivity contribution in [2.75, 3.05) is 0 Å². The summed E-state index contributed by atoms with van der Waals surface area (Å²) in [4.78, 5) is 4.23. The topological polar surface area (TPSA) is 33.1 Å². The second-order valence-electron chi connectivity index (χ2n) is 7.31. The van der Waals surface area contributed by atoms with Crippen molar-refractivity contribution in [3.8, 4) is 0 Å². The molecule has 0 spiro atoms. The summed E-state index contributed by atoms with van der Waals surface area (Å²) in [5.74, 6) is 0. The normalized spacial score (nSPS) is 11.8. The number of aromatic nitrogens is 1. The van der Waals surface area contributed by atoms with Crippen molar-refractivity contribution >= 4 is 0 Å². The van der Waals surface area contributed by atoms with E-state index in [4.69, 9.17) is 0 Å².